The number of aromatic nitrogens is 2. The van der Waals surface area contributed by atoms with E-state index in [4.69, 9.17) is 9.72 Å². The Morgan fingerprint density at radius 3 is 2.84 bits per heavy atom. The van der Waals surface area contributed by atoms with E-state index >= 15 is 0 Å². The van der Waals surface area contributed by atoms with Gasteiger partial charge in [-0.3, -0.25) is 19.4 Å². The summed E-state index contributed by atoms with van der Waals surface area (Å²) in [6, 6.07) is 8.14. The molecule has 0 aliphatic carbocycles. The molecule has 1 saturated heterocycles. The smallest absolute Gasteiger partial charge is 0.325 e. The second kappa shape index (κ2) is 9.52. The largest absolute Gasteiger partial charge is 0.465 e. The van der Waals surface area contributed by atoms with Gasteiger partial charge in [0, 0.05) is 24.0 Å². The molecule has 0 spiro atoms. The second-order valence-electron chi connectivity index (χ2n) is 7.89. The topological polar surface area (TPSA) is 104 Å². The maximum Gasteiger partial charge on any atom is 0.325 e. The molecule has 1 unspecified atom stereocenters. The highest BCUT2D eigenvalue weighted by atomic mass is 32.1. The van der Waals surface area contributed by atoms with Crippen LogP contribution in [0.25, 0.3) is 21.3 Å². The fourth-order valence-corrected chi connectivity index (χ4v) is 4.81. The van der Waals surface area contributed by atoms with Crippen LogP contribution in [0.15, 0.2) is 34.4 Å². The summed E-state index contributed by atoms with van der Waals surface area (Å²) >= 11 is 1.38. The number of hydrogen-bond acceptors (Lipinski definition) is 7. The summed E-state index contributed by atoms with van der Waals surface area (Å²) in [5.41, 5.74) is 3.60. The van der Waals surface area contributed by atoms with Crippen LogP contribution in [0.2, 0.25) is 0 Å². The van der Waals surface area contributed by atoms with Crippen molar-refractivity contribution >= 4 is 39.4 Å². The lowest BCUT2D eigenvalue weighted by atomic mass is 9.97. The number of H-pyrrole nitrogens is 1. The lowest BCUT2D eigenvalue weighted by molar-refractivity contribution is -0.143. The van der Waals surface area contributed by atoms with Crippen molar-refractivity contribution in [3.63, 3.8) is 0 Å². The zero-order valence-corrected chi connectivity index (χ0v) is 19.0. The summed E-state index contributed by atoms with van der Waals surface area (Å²) in [7, 11) is 0. The number of fused-ring (bicyclic) bond motifs is 1. The first-order valence-corrected chi connectivity index (χ1v) is 11.6. The zero-order chi connectivity index (χ0) is 22.7. The van der Waals surface area contributed by atoms with Crippen LogP contribution in [-0.4, -0.2) is 48.1 Å². The number of carbonyl (C=O) groups excluding carboxylic acids is 2. The summed E-state index contributed by atoms with van der Waals surface area (Å²) in [4.78, 5) is 46.4. The molecule has 8 nitrogen and oxygen atoms in total. The van der Waals surface area contributed by atoms with E-state index in [2.05, 4.69) is 10.3 Å². The molecule has 2 aromatic heterocycles. The van der Waals surface area contributed by atoms with E-state index in [9.17, 15) is 14.4 Å². The molecule has 1 amide bonds. The van der Waals surface area contributed by atoms with Crippen LogP contribution in [0.5, 0.6) is 0 Å². The quantitative estimate of drug-likeness (QED) is 0.555. The van der Waals surface area contributed by atoms with E-state index in [-0.39, 0.29) is 30.5 Å². The number of piperidine rings is 1. The first-order valence-electron chi connectivity index (χ1n) is 10.7. The van der Waals surface area contributed by atoms with Gasteiger partial charge >= 0.3 is 5.97 Å². The minimum Gasteiger partial charge on any atom is -0.465 e. The fourth-order valence-electron chi connectivity index (χ4n) is 3.90. The molecule has 1 aliphatic heterocycles. The van der Waals surface area contributed by atoms with Gasteiger partial charge in [0.2, 0.25) is 11.9 Å². The summed E-state index contributed by atoms with van der Waals surface area (Å²) in [6.45, 7) is 5.01. The molecule has 1 fully saturated rings. The number of thiophene rings is 1. The average Bonchev–Trinajstić information content (AvgIpc) is 3.23. The van der Waals surface area contributed by atoms with Gasteiger partial charge in [-0.2, -0.15) is 0 Å². The molecule has 1 aromatic carbocycles. The van der Waals surface area contributed by atoms with E-state index < -0.39 is 5.97 Å². The van der Waals surface area contributed by atoms with Gasteiger partial charge in [-0.15, -0.1) is 11.3 Å². The van der Waals surface area contributed by atoms with Crippen molar-refractivity contribution in [3.8, 4) is 11.1 Å². The molecule has 0 radical (unpaired) electrons. The summed E-state index contributed by atoms with van der Waals surface area (Å²) < 4.78 is 5.45. The van der Waals surface area contributed by atoms with Crippen molar-refractivity contribution in [2.45, 2.75) is 26.7 Å². The van der Waals surface area contributed by atoms with Crippen molar-refractivity contribution in [2.24, 2.45) is 5.92 Å². The van der Waals surface area contributed by atoms with Gasteiger partial charge in [0.25, 0.3) is 5.56 Å². The van der Waals surface area contributed by atoms with E-state index in [1.165, 1.54) is 16.9 Å². The van der Waals surface area contributed by atoms with Gasteiger partial charge in [-0.05, 0) is 32.3 Å². The molecule has 3 aromatic rings. The molecule has 2 N–H and O–H groups in total. The molecule has 9 heteroatoms. The van der Waals surface area contributed by atoms with Gasteiger partial charge in [-0.25, -0.2) is 4.98 Å². The number of benzene rings is 1. The fraction of sp³-hybridized carbons (Fsp3) is 0.391. The predicted octanol–water partition coefficient (Wildman–Crippen LogP) is 2.86. The third kappa shape index (κ3) is 4.67. The highest BCUT2D eigenvalue weighted by Gasteiger charge is 2.28. The SMILES string of the molecule is CCOC(=O)CNC(=O)C1CCCN(c2nc3c(-c4ccc(C)cc4)csc3c(=O)[nH]2)C1. The van der Waals surface area contributed by atoms with E-state index in [1.54, 1.807) is 6.92 Å². The van der Waals surface area contributed by atoms with Crippen molar-refractivity contribution in [1.82, 2.24) is 15.3 Å². The summed E-state index contributed by atoms with van der Waals surface area (Å²) in [5, 5.41) is 4.61. The number of amides is 1. The standard InChI is InChI=1S/C23H26N4O4S/c1-3-31-18(28)11-24-21(29)16-5-4-10-27(12-16)23-25-19-17(13-32-20(19)22(30)26-23)15-8-6-14(2)7-9-15/h6-9,13,16H,3-5,10-12H2,1-2H3,(H,24,29)(H,25,26,30). The molecule has 32 heavy (non-hydrogen) atoms. The Morgan fingerprint density at radius 2 is 2.09 bits per heavy atom. The Bertz CT molecular complexity index is 1180. The molecule has 4 rings (SSSR count). The minimum atomic E-state index is -0.453. The van der Waals surface area contributed by atoms with Crippen LogP contribution >= 0.6 is 11.3 Å². The summed E-state index contributed by atoms with van der Waals surface area (Å²) in [5.74, 6) is -0.469. The number of hydrogen-bond donors (Lipinski definition) is 2. The normalized spacial score (nSPS) is 16.2. The van der Waals surface area contributed by atoms with Crippen molar-refractivity contribution in [2.75, 3.05) is 31.1 Å². The van der Waals surface area contributed by atoms with Crippen LogP contribution in [0.3, 0.4) is 0 Å². The van der Waals surface area contributed by atoms with Gasteiger partial charge in [0.1, 0.15) is 11.2 Å². The Hall–Kier alpha value is -3.20. The molecule has 0 saturated carbocycles. The molecule has 1 atom stereocenters. The van der Waals surface area contributed by atoms with Crippen molar-refractivity contribution in [3.05, 3.63) is 45.6 Å². The van der Waals surface area contributed by atoms with Gasteiger partial charge in [0.15, 0.2) is 0 Å². The third-order valence-corrected chi connectivity index (χ3v) is 6.55. The van der Waals surface area contributed by atoms with E-state index in [1.807, 2.05) is 41.5 Å². The number of rotatable bonds is 6. The Morgan fingerprint density at radius 1 is 1.31 bits per heavy atom. The van der Waals surface area contributed by atoms with Crippen LogP contribution in [0.1, 0.15) is 25.3 Å². The van der Waals surface area contributed by atoms with Gasteiger partial charge < -0.3 is 15.0 Å². The third-order valence-electron chi connectivity index (χ3n) is 5.58. The summed E-state index contributed by atoms with van der Waals surface area (Å²) in [6.07, 6.45) is 1.50. The van der Waals surface area contributed by atoms with Crippen LogP contribution < -0.4 is 15.8 Å². The minimum absolute atomic E-state index is 0.140. The van der Waals surface area contributed by atoms with Crippen LogP contribution in [-0.2, 0) is 14.3 Å². The first-order chi connectivity index (χ1) is 15.5. The number of carbonyl (C=O) groups is 2. The molecule has 1 aliphatic rings. The first kappa shape index (κ1) is 22.0. The maximum absolute atomic E-state index is 12.8. The monoisotopic (exact) mass is 454 g/mol. The average molecular weight is 455 g/mol. The number of nitrogens with one attached hydrogen (secondary N) is 2. The molecule has 3 heterocycles. The molecular formula is C23H26N4O4S. The van der Waals surface area contributed by atoms with Crippen molar-refractivity contribution in [1.29, 1.82) is 0 Å². The molecule has 168 valence electrons. The number of anilines is 1. The van der Waals surface area contributed by atoms with Crippen molar-refractivity contribution < 1.29 is 14.3 Å². The van der Waals surface area contributed by atoms with E-state index in [0.29, 0.717) is 35.7 Å². The maximum atomic E-state index is 12.8. The van der Waals surface area contributed by atoms with Crippen LogP contribution in [0.4, 0.5) is 5.95 Å². The van der Waals surface area contributed by atoms with Gasteiger partial charge in [-0.1, -0.05) is 29.8 Å². The Kier molecular flexibility index (Phi) is 6.55. The second-order valence-corrected chi connectivity index (χ2v) is 8.77. The van der Waals surface area contributed by atoms with Gasteiger partial charge in [0.05, 0.1) is 18.0 Å². The molecular weight excluding hydrogens is 428 g/mol. The van der Waals surface area contributed by atoms with E-state index in [0.717, 1.165) is 17.5 Å². The lowest BCUT2D eigenvalue weighted by Gasteiger charge is -2.32. The number of aryl methyl sites for hydroxylation is 1. The highest BCUT2D eigenvalue weighted by molar-refractivity contribution is 7.17. The number of nitrogens with zero attached hydrogens (tertiary/aromatic N) is 2. The lowest BCUT2D eigenvalue weighted by Crippen LogP contribution is -2.45. The Balaban J connectivity index is 1.55. The number of aromatic amines is 1. The highest BCUT2D eigenvalue weighted by Crippen LogP contribution is 2.32. The Labute approximate surface area is 189 Å². The molecule has 0 bridgehead atoms. The number of ether oxygens (including phenoxy) is 1. The van der Waals surface area contributed by atoms with Crippen LogP contribution in [0, 0.1) is 12.8 Å². The predicted molar refractivity (Wildman–Crippen MR) is 125 cm³/mol. The number of esters is 1. The zero-order valence-electron chi connectivity index (χ0n) is 18.1.